The Labute approximate surface area is 146 Å². The van der Waals surface area contributed by atoms with E-state index in [-0.39, 0.29) is 17.7 Å². The lowest BCUT2D eigenvalue weighted by atomic mass is 10.0. The fourth-order valence-corrected chi connectivity index (χ4v) is 3.31. The Balaban J connectivity index is 1.56. The van der Waals surface area contributed by atoms with E-state index in [1.807, 2.05) is 36.7 Å². The number of anilines is 1. The van der Waals surface area contributed by atoms with Crippen LogP contribution >= 0.6 is 0 Å². The highest BCUT2D eigenvalue weighted by atomic mass is 16.3. The fourth-order valence-electron chi connectivity index (χ4n) is 3.31. The summed E-state index contributed by atoms with van der Waals surface area (Å²) in [6.07, 6.45) is 4.22. The molecule has 8 heteroatoms. The van der Waals surface area contributed by atoms with Crippen molar-refractivity contribution in [1.29, 1.82) is 0 Å². The summed E-state index contributed by atoms with van der Waals surface area (Å²) in [4.78, 5) is 18.4. The highest BCUT2D eigenvalue weighted by Gasteiger charge is 2.36. The topological polar surface area (TPSA) is 96.2 Å². The van der Waals surface area contributed by atoms with Crippen LogP contribution in [0.2, 0.25) is 0 Å². The molecule has 3 rings (SSSR count). The Morgan fingerprint density at radius 1 is 1.40 bits per heavy atom. The molecule has 25 heavy (non-hydrogen) atoms. The summed E-state index contributed by atoms with van der Waals surface area (Å²) in [5.74, 6) is 1.70. The highest BCUT2D eigenvalue weighted by Crippen LogP contribution is 2.37. The number of rotatable bonds is 5. The van der Waals surface area contributed by atoms with Crippen LogP contribution in [0.25, 0.3) is 0 Å². The van der Waals surface area contributed by atoms with E-state index in [0.717, 1.165) is 18.1 Å². The van der Waals surface area contributed by atoms with E-state index in [1.54, 1.807) is 18.6 Å². The summed E-state index contributed by atoms with van der Waals surface area (Å²) in [6.45, 7) is 0.434. The Hall–Kier alpha value is -2.48. The zero-order valence-corrected chi connectivity index (χ0v) is 14.8. The second-order valence-electron chi connectivity index (χ2n) is 6.81. The first-order valence-corrected chi connectivity index (χ1v) is 8.39. The van der Waals surface area contributed by atoms with Crippen molar-refractivity contribution < 1.29 is 9.90 Å². The molecule has 1 amide bonds. The number of amides is 1. The average molecular weight is 344 g/mol. The summed E-state index contributed by atoms with van der Waals surface area (Å²) in [5, 5.41) is 21.2. The molecule has 0 aromatic carbocycles. The lowest BCUT2D eigenvalue weighted by Gasteiger charge is -2.15. The van der Waals surface area contributed by atoms with Gasteiger partial charge in [-0.1, -0.05) is 0 Å². The van der Waals surface area contributed by atoms with Crippen LogP contribution in [-0.2, 0) is 7.05 Å². The number of nitrogens with one attached hydrogen (secondary N) is 1. The molecule has 1 fully saturated rings. The average Bonchev–Trinajstić information content (AvgIpc) is 3.18. The largest absolute Gasteiger partial charge is 0.393 e. The summed E-state index contributed by atoms with van der Waals surface area (Å²) in [7, 11) is 5.70. The van der Waals surface area contributed by atoms with Crippen molar-refractivity contribution in [2.24, 2.45) is 13.0 Å². The lowest BCUT2D eigenvalue weighted by molar-refractivity contribution is 0.0916. The molecule has 2 N–H and O–H groups in total. The van der Waals surface area contributed by atoms with Crippen molar-refractivity contribution in [2.45, 2.75) is 24.9 Å². The standard InChI is InChI=1S/C17H24N6O2/c1-22(2)15-5-4-11(8-18-15)17(25)19-9-13-6-12(7-14(13)24)16-21-20-10-23(16)3/h4-5,8,10,12-14,24H,6-7,9H2,1-3H3,(H,19,25)/t12-,13+,14+/m0/s1. The van der Waals surface area contributed by atoms with Gasteiger partial charge in [0, 0.05) is 45.7 Å². The Kier molecular flexibility index (Phi) is 4.98. The first-order chi connectivity index (χ1) is 12.0. The van der Waals surface area contributed by atoms with Crippen molar-refractivity contribution in [1.82, 2.24) is 25.1 Å². The minimum atomic E-state index is -0.448. The maximum absolute atomic E-state index is 12.3. The van der Waals surface area contributed by atoms with Gasteiger partial charge in [0.2, 0.25) is 0 Å². The van der Waals surface area contributed by atoms with Gasteiger partial charge in [0.25, 0.3) is 5.91 Å². The molecular formula is C17H24N6O2. The third kappa shape index (κ3) is 3.79. The maximum Gasteiger partial charge on any atom is 0.252 e. The van der Waals surface area contributed by atoms with Crippen molar-refractivity contribution >= 4 is 11.7 Å². The van der Waals surface area contributed by atoms with E-state index in [0.29, 0.717) is 18.5 Å². The SMILES string of the molecule is CN(C)c1ccc(C(=O)NC[C@H]2C[C@H](c3nncn3C)C[C@H]2O)cn1. The molecule has 1 aliphatic carbocycles. The molecule has 0 spiro atoms. The fraction of sp³-hybridized carbons (Fsp3) is 0.529. The van der Waals surface area contributed by atoms with E-state index in [9.17, 15) is 9.90 Å². The Morgan fingerprint density at radius 2 is 2.20 bits per heavy atom. The number of aryl methyl sites for hydroxylation is 1. The third-order valence-electron chi connectivity index (χ3n) is 4.76. The molecule has 0 unspecified atom stereocenters. The maximum atomic E-state index is 12.3. The summed E-state index contributed by atoms with van der Waals surface area (Å²) < 4.78 is 1.89. The first-order valence-electron chi connectivity index (χ1n) is 8.39. The molecule has 3 atom stereocenters. The molecule has 0 bridgehead atoms. The number of carbonyl (C=O) groups excluding carboxylic acids is 1. The molecule has 2 heterocycles. The molecule has 2 aromatic heterocycles. The summed E-state index contributed by atoms with van der Waals surface area (Å²) >= 11 is 0. The van der Waals surface area contributed by atoms with Gasteiger partial charge in [-0.15, -0.1) is 10.2 Å². The van der Waals surface area contributed by atoms with Crippen molar-refractivity contribution in [3.8, 4) is 0 Å². The number of pyridine rings is 1. The van der Waals surface area contributed by atoms with Crippen LogP contribution in [0, 0.1) is 5.92 Å². The quantitative estimate of drug-likeness (QED) is 0.823. The Morgan fingerprint density at radius 3 is 2.80 bits per heavy atom. The molecule has 0 aliphatic heterocycles. The van der Waals surface area contributed by atoms with Crippen LogP contribution in [0.3, 0.4) is 0 Å². The van der Waals surface area contributed by atoms with Crippen LogP contribution in [0.4, 0.5) is 5.82 Å². The second-order valence-corrected chi connectivity index (χ2v) is 6.81. The molecule has 8 nitrogen and oxygen atoms in total. The van der Waals surface area contributed by atoms with Gasteiger partial charge in [-0.05, 0) is 25.0 Å². The number of aromatic nitrogens is 4. The third-order valence-corrected chi connectivity index (χ3v) is 4.76. The molecule has 0 radical (unpaired) electrons. The van der Waals surface area contributed by atoms with E-state index in [1.165, 1.54) is 0 Å². The zero-order valence-electron chi connectivity index (χ0n) is 14.8. The molecular weight excluding hydrogens is 320 g/mol. The summed E-state index contributed by atoms with van der Waals surface area (Å²) in [6, 6.07) is 3.56. The number of hydrogen-bond acceptors (Lipinski definition) is 6. The van der Waals surface area contributed by atoms with E-state index < -0.39 is 6.10 Å². The number of aliphatic hydroxyl groups is 1. The smallest absolute Gasteiger partial charge is 0.252 e. The van der Waals surface area contributed by atoms with Gasteiger partial charge in [0.15, 0.2) is 0 Å². The van der Waals surface area contributed by atoms with E-state index in [2.05, 4.69) is 20.5 Å². The van der Waals surface area contributed by atoms with Crippen LogP contribution in [0.1, 0.15) is 34.9 Å². The highest BCUT2D eigenvalue weighted by molar-refractivity contribution is 5.94. The number of nitrogens with zero attached hydrogens (tertiary/aromatic N) is 5. The molecule has 1 saturated carbocycles. The van der Waals surface area contributed by atoms with Gasteiger partial charge in [0.1, 0.15) is 18.0 Å². The number of hydrogen-bond donors (Lipinski definition) is 2. The minimum absolute atomic E-state index is 0.0136. The van der Waals surface area contributed by atoms with Crippen molar-refractivity contribution in [3.05, 3.63) is 36.0 Å². The molecule has 2 aromatic rings. The second kappa shape index (κ2) is 7.18. The van der Waals surface area contributed by atoms with Crippen LogP contribution in [0.5, 0.6) is 0 Å². The Bertz CT molecular complexity index is 727. The number of carbonyl (C=O) groups is 1. The predicted octanol–water partition coefficient (Wildman–Crippen LogP) is 0.561. The predicted molar refractivity (Wildman–Crippen MR) is 93.4 cm³/mol. The first kappa shape index (κ1) is 17.3. The summed E-state index contributed by atoms with van der Waals surface area (Å²) in [5.41, 5.74) is 0.517. The van der Waals surface area contributed by atoms with E-state index in [4.69, 9.17) is 0 Å². The normalized spacial score (nSPS) is 22.8. The van der Waals surface area contributed by atoms with Crippen molar-refractivity contribution in [2.75, 3.05) is 25.5 Å². The zero-order chi connectivity index (χ0) is 18.0. The van der Waals surface area contributed by atoms with Gasteiger partial charge in [-0.3, -0.25) is 4.79 Å². The van der Waals surface area contributed by atoms with Crippen LogP contribution in [-0.4, -0.2) is 57.5 Å². The molecule has 134 valence electrons. The van der Waals surface area contributed by atoms with Gasteiger partial charge < -0.3 is 19.9 Å². The number of aliphatic hydroxyl groups excluding tert-OH is 1. The monoisotopic (exact) mass is 344 g/mol. The molecule has 0 saturated heterocycles. The molecule has 1 aliphatic rings. The lowest BCUT2D eigenvalue weighted by Crippen LogP contribution is -2.32. The van der Waals surface area contributed by atoms with Crippen LogP contribution < -0.4 is 10.2 Å². The van der Waals surface area contributed by atoms with Crippen molar-refractivity contribution in [3.63, 3.8) is 0 Å². The minimum Gasteiger partial charge on any atom is -0.393 e. The van der Waals surface area contributed by atoms with E-state index >= 15 is 0 Å². The van der Waals surface area contributed by atoms with Gasteiger partial charge in [-0.2, -0.15) is 0 Å². The van der Waals surface area contributed by atoms with Gasteiger partial charge >= 0.3 is 0 Å². The van der Waals surface area contributed by atoms with Gasteiger partial charge in [-0.25, -0.2) is 4.98 Å². The van der Waals surface area contributed by atoms with Gasteiger partial charge in [0.05, 0.1) is 11.7 Å². The van der Waals surface area contributed by atoms with Crippen LogP contribution in [0.15, 0.2) is 24.7 Å².